The summed E-state index contributed by atoms with van der Waals surface area (Å²) < 4.78 is 0. The first-order valence-corrected chi connectivity index (χ1v) is 5.65. The normalized spacial score (nSPS) is 25.8. The van der Waals surface area contributed by atoms with E-state index in [9.17, 15) is 4.79 Å². The lowest BCUT2D eigenvalue weighted by Gasteiger charge is -2.31. The fraction of sp³-hybridized carbons (Fsp3) is 0.357. The Labute approximate surface area is 95.0 Å². The van der Waals surface area contributed by atoms with Crippen molar-refractivity contribution < 1.29 is 4.79 Å². The zero-order chi connectivity index (χ0) is 11.2. The van der Waals surface area contributed by atoms with Crippen LogP contribution in [0.5, 0.6) is 0 Å². The van der Waals surface area contributed by atoms with E-state index >= 15 is 0 Å². The molecule has 0 saturated carbocycles. The number of amides is 1. The first-order valence-electron chi connectivity index (χ1n) is 5.65. The predicted molar refractivity (Wildman–Crippen MR) is 63.1 cm³/mol. The number of hydrogen-bond donors (Lipinski definition) is 1. The van der Waals surface area contributed by atoms with Crippen LogP contribution in [0.25, 0.3) is 0 Å². The van der Waals surface area contributed by atoms with Gasteiger partial charge in [-0.2, -0.15) is 0 Å². The molecule has 0 radical (unpaired) electrons. The smallest absolute Gasteiger partial charge is 0.236 e. The third-order valence-corrected chi connectivity index (χ3v) is 3.77. The molecule has 2 heteroatoms. The molecule has 1 aromatic carbocycles. The van der Waals surface area contributed by atoms with Gasteiger partial charge in [0, 0.05) is 12.1 Å². The highest BCUT2D eigenvalue weighted by Gasteiger charge is 2.48. The average Bonchev–Trinajstić information content (AvgIpc) is 2.56. The van der Waals surface area contributed by atoms with Crippen molar-refractivity contribution in [1.82, 2.24) is 0 Å². The van der Waals surface area contributed by atoms with Crippen molar-refractivity contribution in [3.05, 3.63) is 29.3 Å². The monoisotopic (exact) mass is 211 g/mol. The molecule has 0 bridgehead atoms. The predicted octanol–water partition coefficient (Wildman–Crippen LogP) is 2.24. The van der Waals surface area contributed by atoms with E-state index in [4.69, 9.17) is 6.42 Å². The third-order valence-electron chi connectivity index (χ3n) is 3.77. The van der Waals surface area contributed by atoms with E-state index in [2.05, 4.69) is 17.3 Å². The number of rotatable bonds is 1. The number of hydrogen-bond acceptors (Lipinski definition) is 1. The molecule has 1 unspecified atom stereocenters. The number of aryl methyl sites for hydroxylation is 1. The minimum atomic E-state index is -0.432. The molecule has 3 rings (SSSR count). The van der Waals surface area contributed by atoms with Crippen LogP contribution in [0, 0.1) is 12.3 Å². The van der Waals surface area contributed by atoms with Gasteiger partial charge in [-0.05, 0) is 36.5 Å². The quantitative estimate of drug-likeness (QED) is 0.709. The summed E-state index contributed by atoms with van der Waals surface area (Å²) >= 11 is 0. The Hall–Kier alpha value is -1.75. The molecule has 16 heavy (non-hydrogen) atoms. The fourth-order valence-corrected chi connectivity index (χ4v) is 3.08. The molecular weight excluding hydrogens is 198 g/mol. The molecule has 0 spiro atoms. The SMILES string of the molecule is C#CCC12CCCc3cccc(c31)NC2=O. The zero-order valence-electron chi connectivity index (χ0n) is 9.05. The number of nitrogens with one attached hydrogen (secondary N) is 1. The van der Waals surface area contributed by atoms with Gasteiger partial charge in [-0.15, -0.1) is 12.3 Å². The van der Waals surface area contributed by atoms with Crippen molar-refractivity contribution >= 4 is 11.6 Å². The van der Waals surface area contributed by atoms with Gasteiger partial charge in [-0.1, -0.05) is 12.1 Å². The van der Waals surface area contributed by atoms with E-state index in [1.807, 2.05) is 12.1 Å². The van der Waals surface area contributed by atoms with Crippen molar-refractivity contribution in [3.8, 4) is 12.3 Å². The van der Waals surface area contributed by atoms with E-state index in [1.54, 1.807) is 0 Å². The second-order valence-corrected chi connectivity index (χ2v) is 4.61. The van der Waals surface area contributed by atoms with Gasteiger partial charge < -0.3 is 5.32 Å². The lowest BCUT2D eigenvalue weighted by atomic mass is 9.69. The summed E-state index contributed by atoms with van der Waals surface area (Å²) in [4.78, 5) is 12.2. The highest BCUT2D eigenvalue weighted by molar-refractivity contribution is 6.07. The largest absolute Gasteiger partial charge is 0.325 e. The number of benzene rings is 1. The summed E-state index contributed by atoms with van der Waals surface area (Å²) in [6.07, 6.45) is 8.94. The van der Waals surface area contributed by atoms with E-state index < -0.39 is 5.41 Å². The molecule has 0 fully saturated rings. The fourth-order valence-electron chi connectivity index (χ4n) is 3.08. The van der Waals surface area contributed by atoms with Crippen LogP contribution in [0.15, 0.2) is 18.2 Å². The van der Waals surface area contributed by atoms with Gasteiger partial charge in [0.2, 0.25) is 5.91 Å². The van der Waals surface area contributed by atoms with Crippen molar-refractivity contribution in [3.63, 3.8) is 0 Å². The Morgan fingerprint density at radius 2 is 2.38 bits per heavy atom. The molecule has 1 amide bonds. The Bertz CT molecular complexity index is 512. The molecule has 2 aliphatic rings. The van der Waals surface area contributed by atoms with Crippen molar-refractivity contribution in [2.45, 2.75) is 31.1 Å². The van der Waals surface area contributed by atoms with Gasteiger partial charge in [0.15, 0.2) is 0 Å². The van der Waals surface area contributed by atoms with Crippen LogP contribution in [0.1, 0.15) is 30.4 Å². The Kier molecular flexibility index (Phi) is 1.85. The van der Waals surface area contributed by atoms with Crippen LogP contribution in [-0.4, -0.2) is 5.91 Å². The maximum Gasteiger partial charge on any atom is 0.236 e. The Morgan fingerprint density at radius 3 is 3.19 bits per heavy atom. The van der Waals surface area contributed by atoms with E-state index in [0.29, 0.717) is 6.42 Å². The second kappa shape index (κ2) is 3.12. The molecule has 1 N–H and O–H groups in total. The van der Waals surface area contributed by atoms with Crippen molar-refractivity contribution in [1.29, 1.82) is 0 Å². The standard InChI is InChI=1S/C14H13NO/c1-2-8-14-9-4-6-10-5-3-7-11(12(10)14)15-13(14)16/h1,3,5,7H,4,6,8-9H2,(H,15,16). The summed E-state index contributed by atoms with van der Waals surface area (Å²) in [6, 6.07) is 6.09. The molecule has 1 heterocycles. The van der Waals surface area contributed by atoms with E-state index in [-0.39, 0.29) is 5.91 Å². The first kappa shape index (κ1) is 9.47. The second-order valence-electron chi connectivity index (χ2n) is 4.61. The van der Waals surface area contributed by atoms with Crippen molar-refractivity contribution in [2.75, 3.05) is 5.32 Å². The van der Waals surface area contributed by atoms with E-state index in [0.717, 1.165) is 24.9 Å². The highest BCUT2D eigenvalue weighted by atomic mass is 16.2. The van der Waals surface area contributed by atoms with Gasteiger partial charge >= 0.3 is 0 Å². The maximum atomic E-state index is 12.2. The molecule has 0 aromatic heterocycles. The van der Waals surface area contributed by atoms with Gasteiger partial charge in [-0.3, -0.25) is 4.79 Å². The lowest BCUT2D eigenvalue weighted by molar-refractivity contribution is -0.121. The minimum absolute atomic E-state index is 0.0904. The Morgan fingerprint density at radius 1 is 1.50 bits per heavy atom. The zero-order valence-corrected chi connectivity index (χ0v) is 9.05. The number of anilines is 1. The van der Waals surface area contributed by atoms with Gasteiger partial charge in [0.1, 0.15) is 0 Å². The Balaban J connectivity index is 2.26. The van der Waals surface area contributed by atoms with Gasteiger partial charge in [0.05, 0.1) is 5.41 Å². The van der Waals surface area contributed by atoms with Crippen molar-refractivity contribution in [2.24, 2.45) is 0 Å². The van der Waals surface area contributed by atoms with Gasteiger partial charge in [0.25, 0.3) is 0 Å². The first-order chi connectivity index (χ1) is 7.78. The van der Waals surface area contributed by atoms with Crippen LogP contribution < -0.4 is 5.32 Å². The van der Waals surface area contributed by atoms with Gasteiger partial charge in [-0.25, -0.2) is 0 Å². The lowest BCUT2D eigenvalue weighted by Crippen LogP contribution is -2.36. The number of terminal acetylenes is 1. The summed E-state index contributed by atoms with van der Waals surface area (Å²) in [6.45, 7) is 0. The molecule has 80 valence electrons. The third kappa shape index (κ3) is 1.01. The molecule has 1 atom stereocenters. The van der Waals surface area contributed by atoms with Crippen LogP contribution in [0.4, 0.5) is 5.69 Å². The topological polar surface area (TPSA) is 29.1 Å². The van der Waals surface area contributed by atoms with Crippen LogP contribution >= 0.6 is 0 Å². The van der Waals surface area contributed by atoms with Crippen LogP contribution in [0.3, 0.4) is 0 Å². The molecule has 1 aromatic rings. The van der Waals surface area contributed by atoms with E-state index in [1.165, 1.54) is 11.1 Å². The molecular formula is C14H13NO. The molecule has 0 saturated heterocycles. The average molecular weight is 211 g/mol. The molecule has 2 nitrogen and oxygen atoms in total. The summed E-state index contributed by atoms with van der Waals surface area (Å²) in [5, 5.41) is 2.97. The van der Waals surface area contributed by atoms with Crippen LogP contribution in [0.2, 0.25) is 0 Å². The van der Waals surface area contributed by atoms with Crippen LogP contribution in [-0.2, 0) is 16.6 Å². The summed E-state index contributed by atoms with van der Waals surface area (Å²) in [5.41, 5.74) is 3.00. The minimum Gasteiger partial charge on any atom is -0.325 e. The maximum absolute atomic E-state index is 12.2. The number of carbonyl (C=O) groups is 1. The molecule has 1 aliphatic heterocycles. The molecule has 1 aliphatic carbocycles. The number of carbonyl (C=O) groups excluding carboxylic acids is 1. The summed E-state index contributed by atoms with van der Waals surface area (Å²) in [7, 11) is 0. The highest BCUT2D eigenvalue weighted by Crippen LogP contribution is 2.48. The summed E-state index contributed by atoms with van der Waals surface area (Å²) in [5.74, 6) is 2.76.